The van der Waals surface area contributed by atoms with Crippen LogP contribution in [0.2, 0.25) is 0 Å². The molecular formula is C9H15N5O2. The van der Waals surface area contributed by atoms with Gasteiger partial charge in [-0.05, 0) is 13.8 Å². The number of imidazole rings is 1. The molecular weight excluding hydrogens is 210 g/mol. The molecule has 0 unspecified atom stereocenters. The van der Waals surface area contributed by atoms with Crippen molar-refractivity contribution in [1.82, 2.24) is 14.9 Å². The molecule has 0 aromatic carbocycles. The molecule has 0 aliphatic carbocycles. The highest BCUT2D eigenvalue weighted by Crippen LogP contribution is 2.05. The van der Waals surface area contributed by atoms with Crippen LogP contribution in [0.4, 0.5) is 0 Å². The van der Waals surface area contributed by atoms with Crippen molar-refractivity contribution in [2.75, 3.05) is 0 Å². The summed E-state index contributed by atoms with van der Waals surface area (Å²) in [6.45, 7) is 3.27. The van der Waals surface area contributed by atoms with Crippen molar-refractivity contribution in [3.05, 3.63) is 18.2 Å². The molecule has 1 aromatic rings. The van der Waals surface area contributed by atoms with E-state index in [1.165, 1.54) is 12.5 Å². The van der Waals surface area contributed by atoms with Crippen LogP contribution in [0.5, 0.6) is 0 Å². The molecule has 0 saturated carbocycles. The first-order valence-electron chi connectivity index (χ1n) is 4.65. The Hall–Kier alpha value is -2.05. The zero-order chi connectivity index (χ0) is 12.3. The standard InChI is InChI=1S/C9H15N5O2/c1-9(2,8(10)13-16)12-7(15)6-4-11-5-14(6)3/h4-5,16H,1-3H3,(H2,10,13)(H,12,15). The van der Waals surface area contributed by atoms with E-state index in [-0.39, 0.29) is 11.7 Å². The summed E-state index contributed by atoms with van der Waals surface area (Å²) in [5.74, 6) is -0.403. The van der Waals surface area contributed by atoms with Crippen molar-refractivity contribution in [2.45, 2.75) is 19.4 Å². The third kappa shape index (κ3) is 2.30. The molecule has 1 amide bonds. The molecule has 0 radical (unpaired) electrons. The van der Waals surface area contributed by atoms with Crippen LogP contribution in [0.3, 0.4) is 0 Å². The lowest BCUT2D eigenvalue weighted by atomic mass is 10.0. The summed E-state index contributed by atoms with van der Waals surface area (Å²) in [6.07, 6.45) is 2.96. The second-order valence-electron chi connectivity index (χ2n) is 3.95. The Bertz CT molecular complexity index is 421. The minimum atomic E-state index is -0.921. The Morgan fingerprint density at radius 3 is 2.75 bits per heavy atom. The third-order valence-electron chi connectivity index (χ3n) is 2.22. The monoisotopic (exact) mass is 225 g/mol. The number of amides is 1. The fourth-order valence-electron chi connectivity index (χ4n) is 1.11. The van der Waals surface area contributed by atoms with Gasteiger partial charge in [-0.2, -0.15) is 0 Å². The minimum absolute atomic E-state index is 0.0666. The van der Waals surface area contributed by atoms with Gasteiger partial charge in [0.15, 0.2) is 5.84 Å². The van der Waals surface area contributed by atoms with Crippen molar-refractivity contribution >= 4 is 11.7 Å². The first-order chi connectivity index (χ1) is 7.38. The first kappa shape index (κ1) is 12.0. The van der Waals surface area contributed by atoms with Gasteiger partial charge >= 0.3 is 0 Å². The van der Waals surface area contributed by atoms with Gasteiger partial charge in [0.25, 0.3) is 5.91 Å². The van der Waals surface area contributed by atoms with Crippen molar-refractivity contribution in [2.24, 2.45) is 17.9 Å². The molecule has 0 atom stereocenters. The number of hydrogen-bond acceptors (Lipinski definition) is 4. The van der Waals surface area contributed by atoms with Crippen molar-refractivity contribution < 1.29 is 10.0 Å². The highest BCUT2D eigenvalue weighted by molar-refractivity contribution is 5.98. The van der Waals surface area contributed by atoms with E-state index in [0.29, 0.717) is 5.69 Å². The van der Waals surface area contributed by atoms with E-state index in [1.54, 1.807) is 25.5 Å². The number of nitrogens with one attached hydrogen (secondary N) is 1. The van der Waals surface area contributed by atoms with Crippen LogP contribution in [0.25, 0.3) is 0 Å². The summed E-state index contributed by atoms with van der Waals surface area (Å²) < 4.78 is 1.58. The maximum atomic E-state index is 11.8. The fourth-order valence-corrected chi connectivity index (χ4v) is 1.11. The Morgan fingerprint density at radius 1 is 1.69 bits per heavy atom. The van der Waals surface area contributed by atoms with E-state index in [4.69, 9.17) is 10.9 Å². The van der Waals surface area contributed by atoms with Crippen LogP contribution in [0.15, 0.2) is 17.7 Å². The molecule has 88 valence electrons. The van der Waals surface area contributed by atoms with E-state index in [1.807, 2.05) is 0 Å². The predicted molar refractivity (Wildman–Crippen MR) is 58.2 cm³/mol. The number of rotatable bonds is 3. The lowest BCUT2D eigenvalue weighted by molar-refractivity contribution is 0.0922. The molecule has 1 rings (SSSR count). The highest BCUT2D eigenvalue weighted by Gasteiger charge is 2.27. The quantitative estimate of drug-likeness (QED) is 0.283. The number of oxime groups is 1. The Labute approximate surface area is 93.0 Å². The SMILES string of the molecule is Cn1cncc1C(=O)NC(C)(C)/C(N)=N/O. The van der Waals surface area contributed by atoms with Crippen molar-refractivity contribution in [3.63, 3.8) is 0 Å². The fraction of sp³-hybridized carbons (Fsp3) is 0.444. The van der Waals surface area contributed by atoms with Gasteiger partial charge in [0.05, 0.1) is 18.1 Å². The van der Waals surface area contributed by atoms with Crippen LogP contribution in [0, 0.1) is 0 Å². The van der Waals surface area contributed by atoms with E-state index in [2.05, 4.69) is 15.5 Å². The molecule has 4 N–H and O–H groups in total. The molecule has 7 heteroatoms. The number of carbonyl (C=O) groups excluding carboxylic acids is 1. The minimum Gasteiger partial charge on any atom is -0.409 e. The normalized spacial score (nSPS) is 12.6. The van der Waals surface area contributed by atoms with Crippen LogP contribution >= 0.6 is 0 Å². The largest absolute Gasteiger partial charge is 0.409 e. The van der Waals surface area contributed by atoms with Crippen LogP contribution in [0.1, 0.15) is 24.3 Å². The highest BCUT2D eigenvalue weighted by atomic mass is 16.4. The molecule has 7 nitrogen and oxygen atoms in total. The molecule has 0 aliphatic heterocycles. The topological polar surface area (TPSA) is 106 Å². The number of amidine groups is 1. The number of aromatic nitrogens is 2. The Morgan fingerprint density at radius 2 is 2.31 bits per heavy atom. The van der Waals surface area contributed by atoms with E-state index in [0.717, 1.165) is 0 Å². The van der Waals surface area contributed by atoms with Gasteiger partial charge in [-0.1, -0.05) is 5.16 Å². The van der Waals surface area contributed by atoms with Gasteiger partial charge in [-0.3, -0.25) is 4.79 Å². The number of aryl methyl sites for hydroxylation is 1. The molecule has 0 aliphatic rings. The summed E-state index contributed by atoms with van der Waals surface area (Å²) >= 11 is 0. The molecule has 0 saturated heterocycles. The number of hydrogen-bond donors (Lipinski definition) is 3. The van der Waals surface area contributed by atoms with Gasteiger partial charge in [-0.15, -0.1) is 0 Å². The van der Waals surface area contributed by atoms with Crippen LogP contribution in [-0.2, 0) is 7.05 Å². The molecule has 1 heterocycles. The van der Waals surface area contributed by atoms with Gasteiger partial charge in [0, 0.05) is 7.05 Å². The van der Waals surface area contributed by atoms with Gasteiger partial charge in [-0.25, -0.2) is 4.98 Å². The average Bonchev–Trinajstić information content (AvgIpc) is 2.62. The maximum Gasteiger partial charge on any atom is 0.270 e. The molecule has 1 aromatic heterocycles. The molecule has 16 heavy (non-hydrogen) atoms. The summed E-state index contributed by atoms with van der Waals surface area (Å²) in [5.41, 5.74) is 4.93. The van der Waals surface area contributed by atoms with Gasteiger partial charge in [0.2, 0.25) is 0 Å². The number of nitrogens with zero attached hydrogens (tertiary/aromatic N) is 3. The second kappa shape index (κ2) is 4.21. The van der Waals surface area contributed by atoms with E-state index >= 15 is 0 Å². The smallest absolute Gasteiger partial charge is 0.270 e. The lowest BCUT2D eigenvalue weighted by Crippen LogP contribution is -2.53. The van der Waals surface area contributed by atoms with Crippen molar-refractivity contribution in [3.8, 4) is 0 Å². The average molecular weight is 225 g/mol. The Kier molecular flexibility index (Phi) is 3.17. The van der Waals surface area contributed by atoms with Gasteiger partial charge < -0.3 is 20.8 Å². The second-order valence-corrected chi connectivity index (χ2v) is 3.95. The molecule has 0 bridgehead atoms. The summed E-state index contributed by atoms with van der Waals surface area (Å²) in [7, 11) is 1.71. The number of nitrogens with two attached hydrogens (primary N) is 1. The third-order valence-corrected chi connectivity index (χ3v) is 2.22. The number of carbonyl (C=O) groups is 1. The zero-order valence-corrected chi connectivity index (χ0v) is 9.43. The maximum absolute atomic E-state index is 11.8. The zero-order valence-electron chi connectivity index (χ0n) is 9.43. The molecule has 0 fully saturated rings. The van der Waals surface area contributed by atoms with Crippen LogP contribution < -0.4 is 11.1 Å². The van der Waals surface area contributed by atoms with E-state index < -0.39 is 5.54 Å². The summed E-state index contributed by atoms with van der Waals surface area (Å²) in [6, 6.07) is 0. The van der Waals surface area contributed by atoms with Crippen molar-refractivity contribution in [1.29, 1.82) is 0 Å². The summed E-state index contributed by atoms with van der Waals surface area (Å²) in [5, 5.41) is 14.1. The summed E-state index contributed by atoms with van der Waals surface area (Å²) in [4.78, 5) is 15.6. The predicted octanol–water partition coefficient (Wildman–Crippen LogP) is -0.325. The van der Waals surface area contributed by atoms with Crippen LogP contribution in [-0.4, -0.2) is 32.0 Å². The molecule has 0 spiro atoms. The Balaban J connectivity index is 2.84. The van der Waals surface area contributed by atoms with E-state index in [9.17, 15) is 4.79 Å². The van der Waals surface area contributed by atoms with Gasteiger partial charge in [0.1, 0.15) is 5.69 Å². The lowest BCUT2D eigenvalue weighted by Gasteiger charge is -2.24. The first-order valence-corrected chi connectivity index (χ1v) is 4.65.